The van der Waals surface area contributed by atoms with Gasteiger partial charge in [-0.1, -0.05) is 30.7 Å². The van der Waals surface area contributed by atoms with Crippen molar-refractivity contribution in [1.29, 1.82) is 0 Å². The van der Waals surface area contributed by atoms with Gasteiger partial charge in [0.15, 0.2) is 5.13 Å². The van der Waals surface area contributed by atoms with Crippen molar-refractivity contribution in [2.24, 2.45) is 0 Å². The third-order valence-corrected chi connectivity index (χ3v) is 5.19. The molecular formula is C17H23N3S. The van der Waals surface area contributed by atoms with Crippen molar-refractivity contribution in [3.63, 3.8) is 0 Å². The van der Waals surface area contributed by atoms with Crippen LogP contribution in [-0.4, -0.2) is 22.5 Å². The standard InChI is InChI=1S/C17H23N3S/c1-3-14-8-5-9-20(14)11-15-16(19-17(18)21-15)13-7-4-6-12(2)10-13/h4,6-7,10,14H,3,5,8-9,11H2,1-2H3,(H2,18,19)/t14-/m1/s1. The quantitative estimate of drug-likeness (QED) is 0.925. The van der Waals surface area contributed by atoms with Crippen molar-refractivity contribution in [3.05, 3.63) is 34.7 Å². The maximum absolute atomic E-state index is 5.99. The summed E-state index contributed by atoms with van der Waals surface area (Å²) in [6.45, 7) is 6.58. The van der Waals surface area contributed by atoms with Crippen molar-refractivity contribution in [1.82, 2.24) is 9.88 Å². The molecule has 1 atom stereocenters. The van der Waals surface area contributed by atoms with Gasteiger partial charge >= 0.3 is 0 Å². The zero-order valence-electron chi connectivity index (χ0n) is 12.8. The molecular weight excluding hydrogens is 278 g/mol. The minimum atomic E-state index is 0.675. The van der Waals surface area contributed by atoms with Crippen molar-refractivity contribution >= 4 is 16.5 Å². The van der Waals surface area contributed by atoms with Gasteiger partial charge in [-0.05, 0) is 38.8 Å². The first-order valence-corrected chi connectivity index (χ1v) is 8.55. The Bertz CT molecular complexity index is 620. The Labute approximate surface area is 130 Å². The Morgan fingerprint density at radius 2 is 2.29 bits per heavy atom. The average Bonchev–Trinajstić information content (AvgIpc) is 3.05. The number of benzene rings is 1. The zero-order chi connectivity index (χ0) is 14.8. The van der Waals surface area contributed by atoms with Crippen molar-refractivity contribution in [3.8, 4) is 11.3 Å². The molecule has 1 aliphatic rings. The van der Waals surface area contributed by atoms with Gasteiger partial charge in [0.25, 0.3) is 0 Å². The third-order valence-electron chi connectivity index (χ3n) is 4.32. The van der Waals surface area contributed by atoms with Crippen LogP contribution in [0, 0.1) is 6.92 Å². The second kappa shape index (κ2) is 6.16. The molecule has 112 valence electrons. The lowest BCUT2D eigenvalue weighted by atomic mass is 10.1. The van der Waals surface area contributed by atoms with Crippen LogP contribution in [0.3, 0.4) is 0 Å². The van der Waals surface area contributed by atoms with Gasteiger partial charge in [-0.3, -0.25) is 4.90 Å². The smallest absolute Gasteiger partial charge is 0.180 e. The minimum absolute atomic E-state index is 0.675. The number of nitrogens with two attached hydrogens (primary N) is 1. The van der Waals surface area contributed by atoms with Crippen LogP contribution in [0.15, 0.2) is 24.3 Å². The van der Waals surface area contributed by atoms with Crippen molar-refractivity contribution in [2.45, 2.75) is 45.7 Å². The molecule has 0 aliphatic carbocycles. The van der Waals surface area contributed by atoms with Gasteiger partial charge < -0.3 is 5.73 Å². The van der Waals surface area contributed by atoms with Crippen molar-refractivity contribution < 1.29 is 0 Å². The highest BCUT2D eigenvalue weighted by molar-refractivity contribution is 7.15. The molecule has 1 aromatic heterocycles. The summed E-state index contributed by atoms with van der Waals surface area (Å²) < 4.78 is 0. The Balaban J connectivity index is 1.89. The summed E-state index contributed by atoms with van der Waals surface area (Å²) in [6.07, 6.45) is 3.87. The Morgan fingerprint density at radius 1 is 1.43 bits per heavy atom. The Kier molecular flexibility index (Phi) is 4.27. The fourth-order valence-corrected chi connectivity index (χ4v) is 4.12. The lowest BCUT2D eigenvalue weighted by Crippen LogP contribution is -2.28. The molecule has 2 aromatic rings. The summed E-state index contributed by atoms with van der Waals surface area (Å²) in [5.41, 5.74) is 9.50. The van der Waals surface area contributed by atoms with E-state index in [4.69, 9.17) is 5.73 Å². The molecule has 4 heteroatoms. The molecule has 3 rings (SSSR count). The number of hydrogen-bond donors (Lipinski definition) is 1. The monoisotopic (exact) mass is 301 g/mol. The second-order valence-corrected chi connectivity index (χ2v) is 6.98. The van der Waals surface area contributed by atoms with Crippen LogP contribution in [0.2, 0.25) is 0 Å². The van der Waals surface area contributed by atoms with Crippen LogP contribution in [0.5, 0.6) is 0 Å². The number of nitrogens with zero attached hydrogens (tertiary/aromatic N) is 2. The first-order valence-electron chi connectivity index (χ1n) is 7.73. The molecule has 1 aliphatic heterocycles. The average molecular weight is 301 g/mol. The number of nitrogen functional groups attached to an aromatic ring is 1. The highest BCUT2D eigenvalue weighted by Crippen LogP contribution is 2.33. The number of rotatable bonds is 4. The number of thiazole rings is 1. The van der Waals surface area contributed by atoms with E-state index in [-0.39, 0.29) is 0 Å². The molecule has 21 heavy (non-hydrogen) atoms. The maximum atomic E-state index is 5.99. The molecule has 0 amide bonds. The number of anilines is 1. The molecule has 0 radical (unpaired) electrons. The second-order valence-electron chi connectivity index (χ2n) is 5.87. The lowest BCUT2D eigenvalue weighted by Gasteiger charge is -2.22. The van der Waals surface area contributed by atoms with Gasteiger partial charge in [0.1, 0.15) is 0 Å². The molecule has 0 saturated carbocycles. The number of aryl methyl sites for hydroxylation is 1. The highest BCUT2D eigenvalue weighted by Gasteiger charge is 2.25. The number of likely N-dealkylation sites (tertiary alicyclic amines) is 1. The molecule has 1 saturated heterocycles. The maximum Gasteiger partial charge on any atom is 0.180 e. The molecule has 1 fully saturated rings. The molecule has 0 bridgehead atoms. The SMILES string of the molecule is CC[C@@H]1CCCN1Cc1sc(N)nc1-c1cccc(C)c1. The molecule has 0 unspecified atom stereocenters. The normalized spacial score (nSPS) is 19.2. The highest BCUT2D eigenvalue weighted by atomic mass is 32.1. The minimum Gasteiger partial charge on any atom is -0.375 e. The fraction of sp³-hybridized carbons (Fsp3) is 0.471. The summed E-state index contributed by atoms with van der Waals surface area (Å²) in [5.74, 6) is 0. The zero-order valence-corrected chi connectivity index (χ0v) is 13.6. The van der Waals surface area contributed by atoms with Crippen LogP contribution >= 0.6 is 11.3 Å². The van der Waals surface area contributed by atoms with Gasteiger partial charge in [0.05, 0.1) is 5.69 Å². The van der Waals surface area contributed by atoms with Crippen LogP contribution in [0.1, 0.15) is 36.6 Å². The van der Waals surface area contributed by atoms with E-state index in [1.807, 2.05) is 0 Å². The van der Waals surface area contributed by atoms with E-state index in [0.717, 1.165) is 18.3 Å². The van der Waals surface area contributed by atoms with E-state index in [0.29, 0.717) is 5.13 Å². The van der Waals surface area contributed by atoms with Crippen LogP contribution in [-0.2, 0) is 6.54 Å². The van der Waals surface area contributed by atoms with E-state index < -0.39 is 0 Å². The summed E-state index contributed by atoms with van der Waals surface area (Å²) in [4.78, 5) is 8.48. The summed E-state index contributed by atoms with van der Waals surface area (Å²) in [5, 5.41) is 0.675. The van der Waals surface area contributed by atoms with E-state index in [9.17, 15) is 0 Å². The van der Waals surface area contributed by atoms with Crippen LogP contribution < -0.4 is 5.73 Å². The van der Waals surface area contributed by atoms with Gasteiger partial charge in [-0.15, -0.1) is 11.3 Å². The Morgan fingerprint density at radius 3 is 3.05 bits per heavy atom. The molecule has 0 spiro atoms. The van der Waals surface area contributed by atoms with E-state index in [2.05, 4.69) is 48.0 Å². The van der Waals surface area contributed by atoms with Gasteiger partial charge in [-0.25, -0.2) is 4.98 Å². The summed E-state index contributed by atoms with van der Waals surface area (Å²) >= 11 is 1.64. The van der Waals surface area contributed by atoms with E-state index in [1.165, 1.54) is 41.8 Å². The van der Waals surface area contributed by atoms with Gasteiger partial charge in [0, 0.05) is 23.0 Å². The topological polar surface area (TPSA) is 42.1 Å². The number of aromatic nitrogens is 1. The van der Waals surface area contributed by atoms with E-state index in [1.54, 1.807) is 11.3 Å². The summed E-state index contributed by atoms with van der Waals surface area (Å²) in [7, 11) is 0. The van der Waals surface area contributed by atoms with Crippen LogP contribution in [0.4, 0.5) is 5.13 Å². The van der Waals surface area contributed by atoms with Gasteiger partial charge in [-0.2, -0.15) is 0 Å². The predicted octanol–water partition coefficient (Wildman–Crippen LogP) is 4.08. The summed E-state index contributed by atoms with van der Waals surface area (Å²) in [6, 6.07) is 9.26. The molecule has 2 heterocycles. The van der Waals surface area contributed by atoms with Crippen molar-refractivity contribution in [2.75, 3.05) is 12.3 Å². The predicted molar refractivity (Wildman–Crippen MR) is 90.4 cm³/mol. The first-order chi connectivity index (χ1) is 10.2. The third kappa shape index (κ3) is 3.11. The van der Waals surface area contributed by atoms with Gasteiger partial charge in [0.2, 0.25) is 0 Å². The Hall–Kier alpha value is -1.39. The fourth-order valence-electron chi connectivity index (χ4n) is 3.25. The number of hydrogen-bond acceptors (Lipinski definition) is 4. The van der Waals surface area contributed by atoms with E-state index >= 15 is 0 Å². The molecule has 3 nitrogen and oxygen atoms in total. The first kappa shape index (κ1) is 14.5. The molecule has 2 N–H and O–H groups in total. The van der Waals surface area contributed by atoms with Crippen LogP contribution in [0.25, 0.3) is 11.3 Å². The largest absolute Gasteiger partial charge is 0.375 e. The molecule has 1 aromatic carbocycles. The lowest BCUT2D eigenvalue weighted by molar-refractivity contribution is 0.242.